The second-order valence-electron chi connectivity index (χ2n) is 6.86. The van der Waals surface area contributed by atoms with Crippen LogP contribution in [0.5, 0.6) is 0 Å². The smallest absolute Gasteiger partial charge is 0.410 e. The van der Waals surface area contributed by atoms with Crippen LogP contribution in [0.3, 0.4) is 0 Å². The molecule has 0 aromatic heterocycles. The van der Waals surface area contributed by atoms with Crippen molar-refractivity contribution in [2.45, 2.75) is 45.8 Å². The lowest BCUT2D eigenvalue weighted by atomic mass is 10.1. The summed E-state index contributed by atoms with van der Waals surface area (Å²) in [7, 11) is 0. The number of amides is 1. The predicted molar refractivity (Wildman–Crippen MR) is 91.5 cm³/mol. The van der Waals surface area contributed by atoms with Crippen LogP contribution >= 0.6 is 0 Å². The molecule has 24 heavy (non-hydrogen) atoms. The zero-order valence-corrected chi connectivity index (χ0v) is 14.7. The molecule has 0 spiro atoms. The van der Waals surface area contributed by atoms with E-state index in [1.165, 1.54) is 0 Å². The fourth-order valence-corrected chi connectivity index (χ4v) is 2.38. The zero-order chi connectivity index (χ0) is 17.7. The Morgan fingerprint density at radius 3 is 2.38 bits per heavy atom. The molecule has 0 N–H and O–H groups in total. The molecule has 2 rings (SSSR count). The number of rotatable bonds is 3. The number of carbonyl (C=O) groups is 2. The van der Waals surface area contributed by atoms with E-state index in [2.05, 4.69) is 0 Å². The molecule has 5 heteroatoms. The number of nitrogens with zero attached hydrogens (tertiary/aromatic N) is 1. The van der Waals surface area contributed by atoms with Crippen molar-refractivity contribution in [1.82, 2.24) is 4.90 Å². The van der Waals surface area contributed by atoms with Crippen LogP contribution in [0, 0.1) is 0 Å². The molecule has 1 aromatic carbocycles. The lowest BCUT2D eigenvalue weighted by Crippen LogP contribution is -2.39. The van der Waals surface area contributed by atoms with Gasteiger partial charge in [0, 0.05) is 18.7 Å². The van der Waals surface area contributed by atoms with Gasteiger partial charge in [0.1, 0.15) is 11.7 Å². The van der Waals surface area contributed by atoms with E-state index in [9.17, 15) is 9.59 Å². The maximum absolute atomic E-state index is 12.3. The Hall–Kier alpha value is -2.30. The van der Waals surface area contributed by atoms with Gasteiger partial charge in [0.05, 0.1) is 0 Å². The largest absolute Gasteiger partial charge is 0.454 e. The van der Waals surface area contributed by atoms with Crippen molar-refractivity contribution in [2.75, 3.05) is 13.1 Å². The van der Waals surface area contributed by atoms with Crippen LogP contribution in [0.1, 0.15) is 45.8 Å². The molecule has 1 aliphatic rings. The SMILES string of the molecule is C[C@@H](OC(=O)C1=CCN(C(=O)OC(C)(C)C)CC1)c1ccccc1. The summed E-state index contributed by atoms with van der Waals surface area (Å²) in [6, 6.07) is 9.61. The summed E-state index contributed by atoms with van der Waals surface area (Å²) >= 11 is 0. The number of ether oxygens (including phenoxy) is 2. The van der Waals surface area contributed by atoms with Gasteiger partial charge in [-0.1, -0.05) is 36.4 Å². The highest BCUT2D eigenvalue weighted by atomic mass is 16.6. The molecule has 5 nitrogen and oxygen atoms in total. The average molecular weight is 331 g/mol. The minimum atomic E-state index is -0.523. The summed E-state index contributed by atoms with van der Waals surface area (Å²) in [5.41, 5.74) is 1.04. The minimum Gasteiger partial charge on any atom is -0.454 e. The standard InChI is InChI=1S/C19H25NO4/c1-14(15-8-6-5-7-9-15)23-17(21)16-10-12-20(13-11-16)18(22)24-19(2,3)4/h5-10,14H,11-13H2,1-4H3/t14-/m1/s1. The molecule has 0 fully saturated rings. The molecule has 1 aromatic rings. The Morgan fingerprint density at radius 2 is 1.83 bits per heavy atom. The third-order valence-corrected chi connectivity index (χ3v) is 3.68. The Morgan fingerprint density at radius 1 is 1.17 bits per heavy atom. The second kappa shape index (κ2) is 7.51. The number of esters is 1. The van der Waals surface area contributed by atoms with Crippen LogP contribution in [0.2, 0.25) is 0 Å². The average Bonchev–Trinajstić information content (AvgIpc) is 2.54. The van der Waals surface area contributed by atoms with E-state index in [1.807, 2.05) is 58.0 Å². The number of hydrogen-bond donors (Lipinski definition) is 0. The molecular formula is C19H25NO4. The quantitative estimate of drug-likeness (QED) is 0.789. The van der Waals surface area contributed by atoms with E-state index < -0.39 is 5.60 Å². The first kappa shape index (κ1) is 18.0. The summed E-state index contributed by atoms with van der Waals surface area (Å²) in [5.74, 6) is -0.324. The third kappa shape index (κ3) is 5.11. The first-order chi connectivity index (χ1) is 11.3. The van der Waals surface area contributed by atoms with Crippen molar-refractivity contribution in [3.05, 3.63) is 47.5 Å². The normalized spacial score (nSPS) is 16.2. The van der Waals surface area contributed by atoms with E-state index in [0.717, 1.165) is 5.56 Å². The molecule has 1 amide bonds. The van der Waals surface area contributed by atoms with Gasteiger partial charge in [-0.25, -0.2) is 9.59 Å². The molecule has 130 valence electrons. The highest BCUT2D eigenvalue weighted by Crippen LogP contribution is 2.21. The molecule has 0 saturated carbocycles. The Bertz CT molecular complexity index is 616. The van der Waals surface area contributed by atoms with E-state index in [1.54, 1.807) is 11.0 Å². The fourth-order valence-electron chi connectivity index (χ4n) is 2.38. The highest BCUT2D eigenvalue weighted by molar-refractivity contribution is 5.89. The monoisotopic (exact) mass is 331 g/mol. The van der Waals surface area contributed by atoms with Crippen molar-refractivity contribution in [1.29, 1.82) is 0 Å². The van der Waals surface area contributed by atoms with Gasteiger partial charge < -0.3 is 14.4 Å². The number of hydrogen-bond acceptors (Lipinski definition) is 4. The van der Waals surface area contributed by atoms with Gasteiger partial charge >= 0.3 is 12.1 Å². The molecule has 0 bridgehead atoms. The van der Waals surface area contributed by atoms with Crippen molar-refractivity contribution in [3.63, 3.8) is 0 Å². The van der Waals surface area contributed by atoms with Gasteiger partial charge in [-0.05, 0) is 39.7 Å². The molecule has 0 unspecified atom stereocenters. The van der Waals surface area contributed by atoms with Crippen molar-refractivity contribution < 1.29 is 19.1 Å². The molecular weight excluding hydrogens is 306 g/mol. The van der Waals surface area contributed by atoms with Gasteiger partial charge in [-0.2, -0.15) is 0 Å². The van der Waals surface area contributed by atoms with Gasteiger partial charge in [0.2, 0.25) is 0 Å². The predicted octanol–water partition coefficient (Wildman–Crippen LogP) is 3.86. The molecule has 0 aliphatic carbocycles. The van der Waals surface area contributed by atoms with Crippen molar-refractivity contribution >= 4 is 12.1 Å². The van der Waals surface area contributed by atoms with E-state index >= 15 is 0 Å². The van der Waals surface area contributed by atoms with Gasteiger partial charge in [-0.15, -0.1) is 0 Å². The first-order valence-electron chi connectivity index (χ1n) is 8.19. The van der Waals surface area contributed by atoms with Crippen LogP contribution in [0.25, 0.3) is 0 Å². The van der Waals surface area contributed by atoms with E-state index in [4.69, 9.17) is 9.47 Å². The van der Waals surface area contributed by atoms with Crippen LogP contribution in [-0.2, 0) is 14.3 Å². The van der Waals surface area contributed by atoms with Gasteiger partial charge in [0.25, 0.3) is 0 Å². The Balaban J connectivity index is 1.90. The summed E-state index contributed by atoms with van der Waals surface area (Å²) in [5, 5.41) is 0. The summed E-state index contributed by atoms with van der Waals surface area (Å²) in [6.45, 7) is 8.16. The lowest BCUT2D eigenvalue weighted by Gasteiger charge is -2.29. The van der Waals surface area contributed by atoms with Crippen LogP contribution in [0.15, 0.2) is 42.0 Å². The van der Waals surface area contributed by atoms with Gasteiger partial charge in [-0.3, -0.25) is 0 Å². The molecule has 0 radical (unpaired) electrons. The Labute approximate surface area is 143 Å². The first-order valence-corrected chi connectivity index (χ1v) is 8.19. The molecule has 1 atom stereocenters. The lowest BCUT2D eigenvalue weighted by molar-refractivity contribution is -0.144. The number of benzene rings is 1. The number of carbonyl (C=O) groups excluding carboxylic acids is 2. The summed E-state index contributed by atoms with van der Waals surface area (Å²) < 4.78 is 10.8. The van der Waals surface area contributed by atoms with E-state index in [0.29, 0.717) is 25.1 Å². The maximum Gasteiger partial charge on any atom is 0.410 e. The molecule has 1 heterocycles. The second-order valence-corrected chi connectivity index (χ2v) is 6.86. The van der Waals surface area contributed by atoms with Gasteiger partial charge in [0.15, 0.2) is 0 Å². The minimum absolute atomic E-state index is 0.302. The maximum atomic E-state index is 12.3. The molecule has 0 saturated heterocycles. The summed E-state index contributed by atoms with van der Waals surface area (Å²) in [6.07, 6.45) is 1.56. The third-order valence-electron chi connectivity index (χ3n) is 3.68. The van der Waals surface area contributed by atoms with Crippen LogP contribution in [-0.4, -0.2) is 35.7 Å². The summed E-state index contributed by atoms with van der Waals surface area (Å²) in [4.78, 5) is 25.9. The van der Waals surface area contributed by atoms with Crippen molar-refractivity contribution in [2.24, 2.45) is 0 Å². The highest BCUT2D eigenvalue weighted by Gasteiger charge is 2.26. The molecule has 1 aliphatic heterocycles. The van der Waals surface area contributed by atoms with E-state index in [-0.39, 0.29) is 18.2 Å². The topological polar surface area (TPSA) is 55.8 Å². The fraction of sp³-hybridized carbons (Fsp3) is 0.474. The van der Waals surface area contributed by atoms with Crippen LogP contribution in [0.4, 0.5) is 4.79 Å². The zero-order valence-electron chi connectivity index (χ0n) is 14.7. The van der Waals surface area contributed by atoms with Crippen LogP contribution < -0.4 is 0 Å². The van der Waals surface area contributed by atoms with Crippen molar-refractivity contribution in [3.8, 4) is 0 Å². The Kier molecular flexibility index (Phi) is 5.65.